The molecule has 2 aromatic heterocycles. The van der Waals surface area contributed by atoms with E-state index in [0.717, 1.165) is 28.2 Å². The van der Waals surface area contributed by atoms with Crippen LogP contribution in [0, 0.1) is 0 Å². The van der Waals surface area contributed by atoms with E-state index in [0.29, 0.717) is 0 Å². The molecule has 0 bridgehead atoms. The molecule has 0 radical (unpaired) electrons. The number of rotatable bonds is 1. The molecule has 0 atom stereocenters. The molecule has 2 heterocycles. The fourth-order valence-corrected chi connectivity index (χ4v) is 1.96. The lowest BCUT2D eigenvalue weighted by molar-refractivity contribution is 0.959. The van der Waals surface area contributed by atoms with Crippen LogP contribution in [0.3, 0.4) is 0 Å². The summed E-state index contributed by atoms with van der Waals surface area (Å²) in [7, 11) is 1.98. The van der Waals surface area contributed by atoms with Crippen LogP contribution in [0.5, 0.6) is 0 Å². The number of nitrogen functional groups attached to an aromatic ring is 1. The molecule has 0 aliphatic rings. The number of anilines is 1. The number of hydrogen-bond acceptors (Lipinski definition) is 3. The highest BCUT2D eigenvalue weighted by molar-refractivity contribution is 5.77. The summed E-state index contributed by atoms with van der Waals surface area (Å²) in [5.41, 5.74) is 9.31. The van der Waals surface area contributed by atoms with Gasteiger partial charge in [-0.3, -0.25) is 0 Å². The van der Waals surface area contributed by atoms with Crippen molar-refractivity contribution in [1.82, 2.24) is 14.5 Å². The molecule has 0 fully saturated rings. The highest BCUT2D eigenvalue weighted by Crippen LogP contribution is 2.23. The van der Waals surface area contributed by atoms with Gasteiger partial charge >= 0.3 is 0 Å². The first-order chi connectivity index (χ1) is 8.25. The van der Waals surface area contributed by atoms with Crippen molar-refractivity contribution in [2.75, 3.05) is 5.73 Å². The van der Waals surface area contributed by atoms with Crippen LogP contribution in [0.4, 0.5) is 5.69 Å². The lowest BCUT2D eigenvalue weighted by Crippen LogP contribution is -1.93. The predicted octanol–water partition coefficient (Wildman–Crippen LogP) is 2.22. The fraction of sp³-hybridized carbons (Fsp3) is 0.0769. The Morgan fingerprint density at radius 2 is 2.06 bits per heavy atom. The van der Waals surface area contributed by atoms with Crippen LogP contribution >= 0.6 is 0 Å². The summed E-state index contributed by atoms with van der Waals surface area (Å²) >= 11 is 0. The standard InChI is InChI=1S/C13H12N4/c1-17-11-6-3-7-15-12(11)16-13(17)9-4-2-5-10(14)8-9/h2-8H,14H2,1H3. The molecule has 84 valence electrons. The number of nitrogens with zero attached hydrogens (tertiary/aromatic N) is 3. The summed E-state index contributed by atoms with van der Waals surface area (Å²) in [5.74, 6) is 0.881. The molecule has 2 N–H and O–H groups in total. The van der Waals surface area contributed by atoms with Crippen LogP contribution in [-0.2, 0) is 7.05 Å². The average Bonchev–Trinajstić information content (AvgIpc) is 2.68. The van der Waals surface area contributed by atoms with E-state index in [1.54, 1.807) is 6.20 Å². The van der Waals surface area contributed by atoms with Gasteiger partial charge in [0.25, 0.3) is 0 Å². The van der Waals surface area contributed by atoms with Gasteiger partial charge in [-0.15, -0.1) is 0 Å². The monoisotopic (exact) mass is 224 g/mol. The van der Waals surface area contributed by atoms with Crippen LogP contribution < -0.4 is 5.73 Å². The average molecular weight is 224 g/mol. The Kier molecular flexibility index (Phi) is 2.08. The molecule has 4 nitrogen and oxygen atoms in total. The van der Waals surface area contributed by atoms with E-state index < -0.39 is 0 Å². The topological polar surface area (TPSA) is 56.7 Å². The molecule has 3 aromatic rings. The Bertz CT molecular complexity index is 685. The first-order valence-electron chi connectivity index (χ1n) is 5.39. The normalized spacial score (nSPS) is 10.9. The van der Waals surface area contributed by atoms with Crippen molar-refractivity contribution in [3.8, 4) is 11.4 Å². The molecule has 0 aliphatic heterocycles. The van der Waals surface area contributed by atoms with Gasteiger partial charge in [0.2, 0.25) is 0 Å². The van der Waals surface area contributed by atoms with E-state index in [9.17, 15) is 0 Å². The second kappa shape index (κ2) is 3.59. The van der Waals surface area contributed by atoms with Gasteiger partial charge in [0.05, 0.1) is 5.52 Å². The summed E-state index contributed by atoms with van der Waals surface area (Å²) in [6.45, 7) is 0. The van der Waals surface area contributed by atoms with Crippen molar-refractivity contribution in [3.63, 3.8) is 0 Å². The molecule has 4 heteroatoms. The molecule has 0 amide bonds. The van der Waals surface area contributed by atoms with Crippen molar-refractivity contribution in [2.24, 2.45) is 7.05 Å². The Balaban J connectivity index is 2.27. The molecule has 0 saturated heterocycles. The lowest BCUT2D eigenvalue weighted by Gasteiger charge is -2.02. The zero-order valence-electron chi connectivity index (χ0n) is 9.46. The second-order valence-electron chi connectivity index (χ2n) is 3.97. The quantitative estimate of drug-likeness (QED) is 0.645. The van der Waals surface area contributed by atoms with Crippen LogP contribution in [0.15, 0.2) is 42.6 Å². The minimum absolute atomic E-state index is 0.738. The van der Waals surface area contributed by atoms with Crippen molar-refractivity contribution < 1.29 is 0 Å². The van der Waals surface area contributed by atoms with Gasteiger partial charge in [-0.25, -0.2) is 9.97 Å². The Morgan fingerprint density at radius 1 is 1.18 bits per heavy atom. The van der Waals surface area contributed by atoms with Crippen LogP contribution in [0.1, 0.15) is 0 Å². The Labute approximate surface area is 98.7 Å². The third kappa shape index (κ3) is 1.54. The van der Waals surface area contributed by atoms with Gasteiger partial charge < -0.3 is 10.3 Å². The first-order valence-corrected chi connectivity index (χ1v) is 5.39. The maximum Gasteiger partial charge on any atom is 0.178 e. The van der Waals surface area contributed by atoms with Crippen molar-refractivity contribution in [2.45, 2.75) is 0 Å². The molecule has 3 rings (SSSR count). The van der Waals surface area contributed by atoms with Gasteiger partial charge in [0.15, 0.2) is 5.65 Å². The van der Waals surface area contributed by atoms with Gasteiger partial charge in [-0.2, -0.15) is 0 Å². The summed E-state index contributed by atoms with van der Waals surface area (Å²) in [6, 6.07) is 11.6. The highest BCUT2D eigenvalue weighted by atomic mass is 15.1. The fourth-order valence-electron chi connectivity index (χ4n) is 1.96. The van der Waals surface area contributed by atoms with Crippen molar-refractivity contribution in [1.29, 1.82) is 0 Å². The van der Waals surface area contributed by atoms with Crippen LogP contribution in [0.2, 0.25) is 0 Å². The molecular formula is C13H12N4. The van der Waals surface area contributed by atoms with E-state index in [4.69, 9.17) is 5.73 Å². The lowest BCUT2D eigenvalue weighted by atomic mass is 10.2. The Hall–Kier alpha value is -2.36. The number of benzene rings is 1. The minimum atomic E-state index is 0.738. The number of aromatic nitrogens is 3. The molecular weight excluding hydrogens is 212 g/mol. The molecule has 1 aromatic carbocycles. The third-order valence-electron chi connectivity index (χ3n) is 2.80. The largest absolute Gasteiger partial charge is 0.399 e. The zero-order valence-corrected chi connectivity index (χ0v) is 9.46. The number of pyridine rings is 1. The summed E-state index contributed by atoms with van der Waals surface area (Å²) < 4.78 is 2.02. The second-order valence-corrected chi connectivity index (χ2v) is 3.97. The smallest absolute Gasteiger partial charge is 0.178 e. The van der Waals surface area contributed by atoms with Gasteiger partial charge in [0, 0.05) is 24.5 Å². The first kappa shape index (κ1) is 9.84. The number of aryl methyl sites for hydroxylation is 1. The number of nitrogens with two attached hydrogens (primary N) is 1. The van der Waals surface area contributed by atoms with Gasteiger partial charge in [-0.1, -0.05) is 12.1 Å². The van der Waals surface area contributed by atoms with E-state index >= 15 is 0 Å². The number of fused-ring (bicyclic) bond motifs is 1. The number of imidazole rings is 1. The van der Waals surface area contributed by atoms with E-state index in [-0.39, 0.29) is 0 Å². The van der Waals surface area contributed by atoms with Crippen LogP contribution in [0.25, 0.3) is 22.6 Å². The Morgan fingerprint density at radius 3 is 2.82 bits per heavy atom. The molecule has 0 saturated carbocycles. The highest BCUT2D eigenvalue weighted by Gasteiger charge is 2.09. The van der Waals surface area contributed by atoms with E-state index in [2.05, 4.69) is 9.97 Å². The predicted molar refractivity (Wildman–Crippen MR) is 68.4 cm³/mol. The van der Waals surface area contributed by atoms with Gasteiger partial charge in [-0.05, 0) is 24.3 Å². The molecule has 0 aliphatic carbocycles. The minimum Gasteiger partial charge on any atom is -0.399 e. The SMILES string of the molecule is Cn1c(-c2cccc(N)c2)nc2ncccc21. The maximum absolute atomic E-state index is 5.79. The number of hydrogen-bond donors (Lipinski definition) is 1. The third-order valence-corrected chi connectivity index (χ3v) is 2.80. The molecule has 0 spiro atoms. The maximum atomic E-state index is 5.79. The van der Waals surface area contributed by atoms with E-state index in [1.807, 2.05) is 48.0 Å². The van der Waals surface area contributed by atoms with Gasteiger partial charge in [0.1, 0.15) is 5.82 Å². The van der Waals surface area contributed by atoms with Crippen LogP contribution in [-0.4, -0.2) is 14.5 Å². The summed E-state index contributed by atoms with van der Waals surface area (Å²) in [5, 5.41) is 0. The molecule has 17 heavy (non-hydrogen) atoms. The molecule has 0 unspecified atom stereocenters. The van der Waals surface area contributed by atoms with Crippen molar-refractivity contribution in [3.05, 3.63) is 42.6 Å². The summed E-state index contributed by atoms with van der Waals surface area (Å²) in [4.78, 5) is 8.77. The van der Waals surface area contributed by atoms with Crippen molar-refractivity contribution >= 4 is 16.9 Å². The summed E-state index contributed by atoms with van der Waals surface area (Å²) in [6.07, 6.45) is 1.75. The van der Waals surface area contributed by atoms with E-state index in [1.165, 1.54) is 0 Å². The zero-order chi connectivity index (χ0) is 11.8.